The van der Waals surface area contributed by atoms with E-state index < -0.39 is 11.0 Å². The Balaban J connectivity index is 1.54. The predicted molar refractivity (Wildman–Crippen MR) is 123 cm³/mol. The molecule has 31 heavy (non-hydrogen) atoms. The number of amides is 1. The molecule has 0 radical (unpaired) electrons. The number of imidazole rings is 1. The van der Waals surface area contributed by atoms with Crippen molar-refractivity contribution in [3.63, 3.8) is 0 Å². The molecule has 1 fully saturated rings. The number of hydrogen-bond acceptors (Lipinski definition) is 4. The minimum Gasteiger partial charge on any atom is -0.378 e. The summed E-state index contributed by atoms with van der Waals surface area (Å²) in [5.74, 6) is 1.24. The van der Waals surface area contributed by atoms with Crippen LogP contribution in [0.2, 0.25) is 5.02 Å². The Morgan fingerprint density at radius 3 is 2.90 bits per heavy atom. The van der Waals surface area contributed by atoms with Gasteiger partial charge >= 0.3 is 5.91 Å². The maximum absolute atomic E-state index is 13.0. The van der Waals surface area contributed by atoms with Gasteiger partial charge in [-0.25, -0.2) is 14.0 Å². The van der Waals surface area contributed by atoms with Crippen molar-refractivity contribution >= 4 is 45.2 Å². The topological polar surface area (TPSA) is 91.9 Å². The number of primary amides is 1. The summed E-state index contributed by atoms with van der Waals surface area (Å²) < 4.78 is 19.6. The number of anilines is 1. The molecule has 1 aliphatic rings. The summed E-state index contributed by atoms with van der Waals surface area (Å²) in [5.41, 5.74) is 4.06. The number of fused-ring (bicyclic) bond motifs is 1. The number of hydrogen-bond donors (Lipinski definition) is 2. The van der Waals surface area contributed by atoms with Crippen LogP contribution >= 0.6 is 11.6 Å². The van der Waals surface area contributed by atoms with Crippen LogP contribution in [0.5, 0.6) is 0 Å². The van der Waals surface area contributed by atoms with Gasteiger partial charge in [-0.3, -0.25) is 9.62 Å². The normalized spacial score (nSPS) is 17.8. The van der Waals surface area contributed by atoms with Crippen LogP contribution in [0.4, 0.5) is 5.69 Å². The highest BCUT2D eigenvalue weighted by Crippen LogP contribution is 2.26. The summed E-state index contributed by atoms with van der Waals surface area (Å²) >= 11 is 6.07. The third-order valence-corrected chi connectivity index (χ3v) is 7.18. The maximum atomic E-state index is 13.0. The van der Waals surface area contributed by atoms with E-state index in [-0.39, 0.29) is 11.9 Å². The molecule has 4 rings (SSSR count). The molecule has 1 aliphatic heterocycles. The molecule has 0 spiro atoms. The van der Waals surface area contributed by atoms with Gasteiger partial charge in [-0.1, -0.05) is 11.6 Å². The second kappa shape index (κ2) is 9.48. The highest BCUT2D eigenvalue weighted by Gasteiger charge is 2.25. The summed E-state index contributed by atoms with van der Waals surface area (Å²) in [4.78, 5) is 20.9. The zero-order valence-corrected chi connectivity index (χ0v) is 19.1. The first-order valence-corrected chi connectivity index (χ1v) is 11.9. The van der Waals surface area contributed by atoms with Gasteiger partial charge in [0.25, 0.3) is 0 Å². The van der Waals surface area contributed by atoms with Crippen LogP contribution in [-0.4, -0.2) is 46.1 Å². The van der Waals surface area contributed by atoms with Crippen molar-refractivity contribution in [1.82, 2.24) is 9.97 Å². The van der Waals surface area contributed by atoms with Gasteiger partial charge < -0.3 is 9.72 Å². The number of halogens is 1. The summed E-state index contributed by atoms with van der Waals surface area (Å²) in [6.07, 6.45) is 2.02. The van der Waals surface area contributed by atoms with Crippen LogP contribution in [0, 0.1) is 6.92 Å². The highest BCUT2D eigenvalue weighted by molar-refractivity contribution is 7.86. The minimum atomic E-state index is -1.00. The number of methoxy groups -OCH3 is 1. The Labute approximate surface area is 188 Å². The second-order valence-corrected chi connectivity index (χ2v) is 9.64. The van der Waals surface area contributed by atoms with E-state index in [1.807, 2.05) is 35.5 Å². The monoisotopic (exact) mass is 461 g/mol. The van der Waals surface area contributed by atoms with Crippen LogP contribution in [0.15, 0.2) is 36.4 Å². The molecular formula is C22H26ClN4O3S+. The van der Waals surface area contributed by atoms with E-state index in [0.29, 0.717) is 28.8 Å². The molecule has 164 valence electrons. The Kier molecular flexibility index (Phi) is 6.71. The lowest BCUT2D eigenvalue weighted by Gasteiger charge is -2.28. The first kappa shape index (κ1) is 22.0. The van der Waals surface area contributed by atoms with E-state index >= 15 is 0 Å². The molecule has 7 nitrogen and oxygen atoms in total. The Morgan fingerprint density at radius 1 is 1.32 bits per heavy atom. The van der Waals surface area contributed by atoms with E-state index in [4.69, 9.17) is 16.3 Å². The first-order chi connectivity index (χ1) is 15.0. The second-order valence-electron chi connectivity index (χ2n) is 7.71. The standard InChI is InChI=1S/C22H25ClN4O3S/c1-14-11-15(5-8-20(14)27-9-3-4-10-31(27)29)22(28)26-19(13-30-2)21-24-17-7-6-16(23)12-18(17)25-21/h5-8,11-12,19H,3-4,9-10,13H2,1-2H3,(H,24,25)(H,26,28)/p+1/t19-,31?/m0/s1. The number of nitrogens with two attached hydrogens (primary N) is 1. The number of aryl methyl sites for hydroxylation is 1. The molecule has 2 atom stereocenters. The molecule has 1 saturated heterocycles. The number of aromatic amines is 1. The number of nitrogens with zero attached hydrogens (tertiary/aromatic N) is 2. The summed E-state index contributed by atoms with van der Waals surface area (Å²) in [6.45, 7) is 3.05. The molecule has 0 bridgehead atoms. The minimum absolute atomic E-state index is 0.102. The number of ether oxygens (including phenoxy) is 1. The number of aromatic nitrogens is 2. The fraction of sp³-hybridized carbons (Fsp3) is 0.364. The highest BCUT2D eigenvalue weighted by atomic mass is 35.5. The number of nitrogens with one attached hydrogen (secondary N) is 1. The van der Waals surface area contributed by atoms with Crippen LogP contribution in [-0.2, 0) is 15.7 Å². The smallest absolute Gasteiger partial charge is 0.343 e. The number of quaternary nitrogens is 1. The molecule has 0 aliphatic carbocycles. The summed E-state index contributed by atoms with van der Waals surface area (Å²) in [6, 6.07) is 10.7. The Hall–Kier alpha value is -2.26. The molecule has 3 N–H and O–H groups in total. The Bertz CT molecular complexity index is 1130. The lowest BCUT2D eigenvalue weighted by atomic mass is 10.1. The third-order valence-electron chi connectivity index (χ3n) is 5.44. The SMILES string of the molecule is COC[C@H]([NH2+]C(=O)c1ccc(N2CCCCS2=O)c(C)c1)c1nc2ccc(Cl)cc2[nH]1. The first-order valence-electron chi connectivity index (χ1n) is 10.3. The average Bonchev–Trinajstić information content (AvgIpc) is 3.17. The molecule has 3 aromatic rings. The van der Waals surface area contributed by atoms with Gasteiger partial charge in [0.1, 0.15) is 17.6 Å². The van der Waals surface area contributed by atoms with Crippen molar-refractivity contribution in [3.8, 4) is 0 Å². The largest absolute Gasteiger partial charge is 0.378 e. The molecule has 9 heteroatoms. The van der Waals surface area contributed by atoms with E-state index in [0.717, 1.165) is 41.7 Å². The van der Waals surface area contributed by atoms with Gasteiger partial charge in [0, 0.05) is 24.4 Å². The lowest BCUT2D eigenvalue weighted by Crippen LogP contribution is -2.89. The number of H-pyrrole nitrogens is 1. The molecule has 2 aromatic carbocycles. The predicted octanol–water partition coefficient (Wildman–Crippen LogP) is 2.88. The average molecular weight is 462 g/mol. The van der Waals surface area contributed by atoms with Crippen molar-refractivity contribution in [1.29, 1.82) is 0 Å². The molecule has 1 aromatic heterocycles. The van der Waals surface area contributed by atoms with E-state index in [9.17, 15) is 9.00 Å². The molecule has 1 amide bonds. The van der Waals surface area contributed by atoms with Crippen LogP contribution in [0.3, 0.4) is 0 Å². The van der Waals surface area contributed by atoms with Crippen molar-refractivity contribution in [2.75, 3.05) is 30.3 Å². The van der Waals surface area contributed by atoms with Crippen LogP contribution in [0.1, 0.15) is 40.6 Å². The fourth-order valence-corrected chi connectivity index (χ4v) is 5.45. The molecule has 1 unspecified atom stereocenters. The van der Waals surface area contributed by atoms with Gasteiger partial charge in [0.15, 0.2) is 11.9 Å². The van der Waals surface area contributed by atoms with Crippen molar-refractivity contribution < 1.29 is 19.1 Å². The number of rotatable bonds is 6. The van der Waals surface area contributed by atoms with Gasteiger partial charge in [-0.05, 0) is 61.7 Å². The number of carbonyl (C=O) groups excluding carboxylic acids is 1. The quantitative estimate of drug-likeness (QED) is 0.590. The zero-order valence-electron chi connectivity index (χ0n) is 17.6. The summed E-state index contributed by atoms with van der Waals surface area (Å²) in [7, 11) is 0.599. The molecule has 2 heterocycles. The molecular weight excluding hydrogens is 436 g/mol. The lowest BCUT2D eigenvalue weighted by molar-refractivity contribution is -0.605. The van der Waals surface area contributed by atoms with Gasteiger partial charge in [0.2, 0.25) is 0 Å². The van der Waals surface area contributed by atoms with E-state index in [2.05, 4.69) is 9.97 Å². The van der Waals surface area contributed by atoms with E-state index in [1.165, 1.54) is 0 Å². The fourth-order valence-electron chi connectivity index (χ4n) is 3.85. The van der Waals surface area contributed by atoms with Crippen molar-refractivity contribution in [2.45, 2.75) is 25.8 Å². The summed E-state index contributed by atoms with van der Waals surface area (Å²) in [5, 5.41) is 2.26. The van der Waals surface area contributed by atoms with Crippen molar-refractivity contribution in [3.05, 3.63) is 58.4 Å². The van der Waals surface area contributed by atoms with E-state index in [1.54, 1.807) is 24.6 Å². The Morgan fingerprint density at radius 2 is 2.16 bits per heavy atom. The van der Waals surface area contributed by atoms with Crippen molar-refractivity contribution in [2.24, 2.45) is 0 Å². The van der Waals surface area contributed by atoms with Gasteiger partial charge in [-0.2, -0.15) is 0 Å². The van der Waals surface area contributed by atoms with Gasteiger partial charge in [-0.15, -0.1) is 0 Å². The third kappa shape index (κ3) is 4.82. The van der Waals surface area contributed by atoms with Gasteiger partial charge in [0.05, 0.1) is 22.3 Å². The number of benzene rings is 2. The number of carbonyl (C=O) groups is 1. The maximum Gasteiger partial charge on any atom is 0.343 e. The van der Waals surface area contributed by atoms with Crippen LogP contribution in [0.25, 0.3) is 11.0 Å². The van der Waals surface area contributed by atoms with Crippen LogP contribution < -0.4 is 9.62 Å². The zero-order chi connectivity index (χ0) is 22.0. The molecule has 0 saturated carbocycles.